The number of carbonyl (C=O) groups excluding carboxylic acids is 1. The van der Waals surface area contributed by atoms with Crippen LogP contribution in [0.15, 0.2) is 66.2 Å². The predicted octanol–water partition coefficient (Wildman–Crippen LogP) is 2.81. The molecule has 0 heterocycles. The first-order chi connectivity index (χ1) is 8.19. The Morgan fingerprint density at radius 1 is 1.35 bits per heavy atom. The lowest BCUT2D eigenvalue weighted by Crippen LogP contribution is -2.15. The molecule has 0 aromatic heterocycles. The zero-order valence-corrected chi connectivity index (χ0v) is 9.81. The van der Waals surface area contributed by atoms with Crippen molar-refractivity contribution in [1.29, 1.82) is 0 Å². The van der Waals surface area contributed by atoms with Gasteiger partial charge in [-0.25, -0.2) is 0 Å². The second kappa shape index (κ2) is 6.53. The molecule has 2 radical (unpaired) electrons. The maximum Gasteiger partial charge on any atom is 0.254 e. The summed E-state index contributed by atoms with van der Waals surface area (Å²) in [7, 11) is 5.75. The fourth-order valence-corrected chi connectivity index (χ4v) is 1.37. The van der Waals surface area contributed by atoms with Crippen LogP contribution in [0.2, 0.25) is 0 Å². The summed E-state index contributed by atoms with van der Waals surface area (Å²) in [5, 5.41) is 2.77. The first kappa shape index (κ1) is 13.0. The molecule has 0 aliphatic carbocycles. The van der Waals surface area contributed by atoms with Gasteiger partial charge in [0.05, 0.1) is 0 Å². The summed E-state index contributed by atoms with van der Waals surface area (Å²) < 4.78 is 0. The maximum atomic E-state index is 11.9. The van der Waals surface area contributed by atoms with Gasteiger partial charge in [0.15, 0.2) is 0 Å². The highest BCUT2D eigenvalue weighted by Crippen LogP contribution is 2.11. The molecule has 0 atom stereocenters. The largest absolute Gasteiger partial charge is 0.322 e. The maximum absolute atomic E-state index is 11.9. The average molecular weight is 223 g/mol. The molecule has 2 nitrogen and oxygen atoms in total. The Hall–Kier alpha value is -2.03. The summed E-state index contributed by atoms with van der Waals surface area (Å²) in [5.41, 5.74) is 1.58. The summed E-state index contributed by atoms with van der Waals surface area (Å²) in [6, 6.07) is 9.23. The quantitative estimate of drug-likeness (QED) is 0.474. The highest BCUT2D eigenvalue weighted by Gasteiger charge is 2.09. The third kappa shape index (κ3) is 3.80. The Balaban J connectivity index is 2.83. The molecular weight excluding hydrogens is 209 g/mol. The fraction of sp³-hybridized carbons (Fsp3) is 0.0714. The van der Waals surface area contributed by atoms with Gasteiger partial charge in [0, 0.05) is 11.3 Å². The van der Waals surface area contributed by atoms with E-state index < -0.39 is 0 Å². The molecule has 17 heavy (non-hydrogen) atoms. The van der Waals surface area contributed by atoms with E-state index in [0.29, 0.717) is 11.0 Å². The highest BCUT2D eigenvalue weighted by atomic mass is 16.1. The summed E-state index contributed by atoms with van der Waals surface area (Å²) in [4.78, 5) is 11.9. The predicted molar refractivity (Wildman–Crippen MR) is 72.9 cm³/mol. The van der Waals surface area contributed by atoms with Crippen molar-refractivity contribution in [3.63, 3.8) is 0 Å². The standard InChI is InChI=1S/C14H14BNO/c1-3-8-13(15)12(4-2)14(17)16-11-9-6-5-7-10-11/h3-10H,1H2,2H3,(H,16,17)/b12-4+,13-8+. The van der Waals surface area contributed by atoms with E-state index in [1.807, 2.05) is 30.3 Å². The molecule has 1 amide bonds. The van der Waals surface area contributed by atoms with Gasteiger partial charge in [-0.2, -0.15) is 0 Å². The minimum Gasteiger partial charge on any atom is -0.322 e. The van der Waals surface area contributed by atoms with Crippen molar-refractivity contribution in [1.82, 2.24) is 0 Å². The molecule has 1 rings (SSSR count). The third-order valence-electron chi connectivity index (χ3n) is 2.17. The van der Waals surface area contributed by atoms with E-state index in [4.69, 9.17) is 7.85 Å². The van der Waals surface area contributed by atoms with E-state index in [-0.39, 0.29) is 5.91 Å². The van der Waals surface area contributed by atoms with Crippen molar-refractivity contribution < 1.29 is 4.79 Å². The Bertz CT molecular complexity index is 460. The van der Waals surface area contributed by atoms with Crippen LogP contribution in [0.4, 0.5) is 5.69 Å². The number of para-hydroxylation sites is 1. The van der Waals surface area contributed by atoms with Crippen molar-refractivity contribution in [2.24, 2.45) is 0 Å². The first-order valence-electron chi connectivity index (χ1n) is 5.30. The van der Waals surface area contributed by atoms with Gasteiger partial charge in [-0.1, -0.05) is 48.5 Å². The minimum atomic E-state index is -0.227. The topological polar surface area (TPSA) is 29.1 Å². The zero-order valence-electron chi connectivity index (χ0n) is 9.81. The van der Waals surface area contributed by atoms with Crippen LogP contribution in [0, 0.1) is 0 Å². The number of benzene rings is 1. The van der Waals surface area contributed by atoms with E-state index in [2.05, 4.69) is 11.9 Å². The van der Waals surface area contributed by atoms with Crippen LogP contribution in [0.1, 0.15) is 6.92 Å². The molecule has 0 aliphatic heterocycles. The highest BCUT2D eigenvalue weighted by molar-refractivity contribution is 6.30. The summed E-state index contributed by atoms with van der Waals surface area (Å²) in [6.07, 6.45) is 4.82. The lowest BCUT2D eigenvalue weighted by molar-refractivity contribution is -0.112. The smallest absolute Gasteiger partial charge is 0.254 e. The van der Waals surface area contributed by atoms with E-state index in [1.54, 1.807) is 25.2 Å². The second-order valence-corrected chi connectivity index (χ2v) is 3.38. The lowest BCUT2D eigenvalue weighted by Gasteiger charge is -2.09. The van der Waals surface area contributed by atoms with Crippen LogP contribution >= 0.6 is 0 Å². The molecular formula is C14H14BNO. The van der Waals surface area contributed by atoms with Crippen LogP contribution in [0.25, 0.3) is 0 Å². The molecule has 84 valence electrons. The molecule has 0 spiro atoms. The molecule has 1 aromatic rings. The molecule has 0 fully saturated rings. The Labute approximate surface area is 103 Å². The van der Waals surface area contributed by atoms with Crippen LogP contribution in [0.5, 0.6) is 0 Å². The molecule has 0 bridgehead atoms. The van der Waals surface area contributed by atoms with Gasteiger partial charge >= 0.3 is 0 Å². The SMILES string of the molecule is [B]C(=C/C=C)/C(=C\C)C(=O)Nc1ccccc1. The van der Waals surface area contributed by atoms with Gasteiger partial charge in [0.25, 0.3) is 5.91 Å². The van der Waals surface area contributed by atoms with Crippen LogP contribution < -0.4 is 5.32 Å². The monoisotopic (exact) mass is 223 g/mol. The molecule has 0 aliphatic rings. The van der Waals surface area contributed by atoms with Crippen molar-refractivity contribution >= 4 is 19.4 Å². The Morgan fingerprint density at radius 2 is 2.00 bits per heavy atom. The molecule has 1 N–H and O–H groups in total. The fourth-order valence-electron chi connectivity index (χ4n) is 1.37. The molecule has 3 heteroatoms. The normalized spacial score (nSPS) is 12.1. The lowest BCUT2D eigenvalue weighted by atomic mass is 9.87. The van der Waals surface area contributed by atoms with Gasteiger partial charge in [-0.05, 0) is 19.1 Å². The number of amides is 1. The Morgan fingerprint density at radius 3 is 2.53 bits per heavy atom. The average Bonchev–Trinajstić information content (AvgIpc) is 2.31. The number of carbonyl (C=O) groups is 1. The summed E-state index contributed by atoms with van der Waals surface area (Å²) in [5.74, 6) is -0.227. The second-order valence-electron chi connectivity index (χ2n) is 3.38. The number of rotatable bonds is 4. The van der Waals surface area contributed by atoms with Gasteiger partial charge in [0.2, 0.25) is 0 Å². The summed E-state index contributed by atoms with van der Waals surface area (Å²) in [6.45, 7) is 5.31. The van der Waals surface area contributed by atoms with Gasteiger partial charge in [-0.3, -0.25) is 4.79 Å². The molecule has 0 saturated carbocycles. The number of anilines is 1. The number of allylic oxidation sites excluding steroid dienone is 3. The van der Waals surface area contributed by atoms with Crippen molar-refractivity contribution in [2.75, 3.05) is 5.32 Å². The zero-order chi connectivity index (χ0) is 12.7. The van der Waals surface area contributed by atoms with Crippen LogP contribution in [0.3, 0.4) is 0 Å². The van der Waals surface area contributed by atoms with Crippen LogP contribution in [-0.2, 0) is 4.79 Å². The van der Waals surface area contributed by atoms with E-state index in [9.17, 15) is 4.79 Å². The van der Waals surface area contributed by atoms with Crippen molar-refractivity contribution in [3.05, 3.63) is 66.2 Å². The molecule has 0 saturated heterocycles. The number of hydrogen-bond donors (Lipinski definition) is 1. The van der Waals surface area contributed by atoms with Crippen molar-refractivity contribution in [3.8, 4) is 0 Å². The van der Waals surface area contributed by atoms with Crippen LogP contribution in [-0.4, -0.2) is 13.8 Å². The van der Waals surface area contributed by atoms with Crippen molar-refractivity contribution in [2.45, 2.75) is 6.92 Å². The first-order valence-corrected chi connectivity index (χ1v) is 5.30. The number of nitrogens with one attached hydrogen (secondary N) is 1. The number of hydrogen-bond acceptors (Lipinski definition) is 1. The third-order valence-corrected chi connectivity index (χ3v) is 2.17. The van der Waals surface area contributed by atoms with Gasteiger partial charge in [-0.15, -0.1) is 0 Å². The van der Waals surface area contributed by atoms with Gasteiger partial charge < -0.3 is 5.32 Å². The Kier molecular flexibility index (Phi) is 5.01. The van der Waals surface area contributed by atoms with E-state index in [1.165, 1.54) is 0 Å². The van der Waals surface area contributed by atoms with E-state index >= 15 is 0 Å². The van der Waals surface area contributed by atoms with Gasteiger partial charge in [0.1, 0.15) is 7.85 Å². The summed E-state index contributed by atoms with van der Waals surface area (Å²) >= 11 is 0. The molecule has 0 unspecified atom stereocenters. The molecule has 1 aromatic carbocycles. The minimum absolute atomic E-state index is 0.227. The van der Waals surface area contributed by atoms with E-state index in [0.717, 1.165) is 5.69 Å².